The number of nitrogens with zero attached hydrogens (tertiary/aromatic N) is 3. The molecule has 0 aromatic rings. The van der Waals surface area contributed by atoms with E-state index in [-0.39, 0.29) is 0 Å². The standard InChI is InChI=1S/C18H39N3/c1-18(2,3)15-13-11-9-8-10-12-14-16-19-17(20(4)5)21(6)7/h8-16H2,1-7H3. The Bertz CT molecular complexity index is 265. The van der Waals surface area contributed by atoms with E-state index in [1.807, 2.05) is 0 Å². The van der Waals surface area contributed by atoms with Gasteiger partial charge in [-0.3, -0.25) is 4.99 Å². The van der Waals surface area contributed by atoms with Crippen LogP contribution < -0.4 is 0 Å². The number of guanidine groups is 1. The summed E-state index contributed by atoms with van der Waals surface area (Å²) in [5.41, 5.74) is 0.509. The minimum absolute atomic E-state index is 0.509. The summed E-state index contributed by atoms with van der Waals surface area (Å²) in [4.78, 5) is 8.82. The average Bonchev–Trinajstić information content (AvgIpc) is 2.33. The van der Waals surface area contributed by atoms with Crippen LogP contribution in [0.3, 0.4) is 0 Å². The van der Waals surface area contributed by atoms with Crippen molar-refractivity contribution in [3.8, 4) is 0 Å². The lowest BCUT2D eigenvalue weighted by Gasteiger charge is -2.22. The van der Waals surface area contributed by atoms with E-state index < -0.39 is 0 Å². The second-order valence-corrected chi connectivity index (χ2v) is 7.76. The summed E-state index contributed by atoms with van der Waals surface area (Å²) < 4.78 is 0. The summed E-state index contributed by atoms with van der Waals surface area (Å²) in [5.74, 6) is 1.07. The van der Waals surface area contributed by atoms with E-state index in [4.69, 9.17) is 0 Å². The SMILES string of the molecule is CN(C)C(=NCCCCCCCCCC(C)(C)C)N(C)C. The van der Waals surface area contributed by atoms with Gasteiger partial charge >= 0.3 is 0 Å². The Morgan fingerprint density at radius 2 is 1.14 bits per heavy atom. The highest BCUT2D eigenvalue weighted by Gasteiger charge is 2.08. The molecule has 0 aromatic heterocycles. The molecule has 0 radical (unpaired) electrons. The van der Waals surface area contributed by atoms with Gasteiger partial charge in [-0.2, -0.15) is 0 Å². The predicted octanol–water partition coefficient (Wildman–Crippen LogP) is 4.63. The first-order valence-electron chi connectivity index (χ1n) is 8.63. The van der Waals surface area contributed by atoms with Gasteiger partial charge in [0.25, 0.3) is 0 Å². The van der Waals surface area contributed by atoms with Gasteiger partial charge in [-0.25, -0.2) is 0 Å². The molecule has 0 aromatic carbocycles. The fraction of sp³-hybridized carbons (Fsp3) is 0.944. The van der Waals surface area contributed by atoms with Crippen molar-refractivity contribution in [2.45, 2.75) is 72.1 Å². The Balaban J connectivity index is 3.50. The Hall–Kier alpha value is -0.730. The van der Waals surface area contributed by atoms with Crippen LogP contribution in [0.2, 0.25) is 0 Å². The van der Waals surface area contributed by atoms with Crippen molar-refractivity contribution in [1.82, 2.24) is 9.80 Å². The maximum absolute atomic E-state index is 4.67. The molecule has 0 unspecified atom stereocenters. The summed E-state index contributed by atoms with van der Waals surface area (Å²) in [6.45, 7) is 7.96. The van der Waals surface area contributed by atoms with Crippen molar-refractivity contribution in [3.63, 3.8) is 0 Å². The molecule has 0 aliphatic heterocycles. The van der Waals surface area contributed by atoms with Crippen LogP contribution in [0.15, 0.2) is 4.99 Å². The van der Waals surface area contributed by atoms with Gasteiger partial charge in [0, 0.05) is 34.7 Å². The summed E-state index contributed by atoms with van der Waals surface area (Å²) >= 11 is 0. The molecule has 126 valence electrons. The molecule has 0 atom stereocenters. The van der Waals surface area contributed by atoms with Gasteiger partial charge in [0.05, 0.1) is 0 Å². The molecule has 0 heterocycles. The summed E-state index contributed by atoms with van der Waals surface area (Å²) in [5, 5.41) is 0. The number of hydrogen-bond acceptors (Lipinski definition) is 1. The molecule has 0 saturated heterocycles. The van der Waals surface area contributed by atoms with Crippen LogP contribution in [0.5, 0.6) is 0 Å². The molecule has 0 spiro atoms. The van der Waals surface area contributed by atoms with Crippen molar-refractivity contribution in [1.29, 1.82) is 0 Å². The largest absolute Gasteiger partial charge is 0.349 e. The Kier molecular flexibility index (Phi) is 10.5. The van der Waals surface area contributed by atoms with Crippen LogP contribution in [-0.4, -0.2) is 50.5 Å². The van der Waals surface area contributed by atoms with E-state index in [1.165, 1.54) is 51.4 Å². The minimum atomic E-state index is 0.509. The van der Waals surface area contributed by atoms with Crippen LogP contribution >= 0.6 is 0 Å². The van der Waals surface area contributed by atoms with Gasteiger partial charge in [0.15, 0.2) is 5.96 Å². The first-order chi connectivity index (χ1) is 9.74. The van der Waals surface area contributed by atoms with Gasteiger partial charge < -0.3 is 9.80 Å². The molecule has 0 rings (SSSR count). The normalized spacial score (nSPS) is 11.4. The quantitative estimate of drug-likeness (QED) is 0.351. The second kappa shape index (κ2) is 10.9. The van der Waals surface area contributed by atoms with Crippen LogP contribution in [0.1, 0.15) is 72.1 Å². The van der Waals surface area contributed by atoms with Crippen molar-refractivity contribution in [2.24, 2.45) is 10.4 Å². The van der Waals surface area contributed by atoms with E-state index in [9.17, 15) is 0 Å². The van der Waals surface area contributed by atoms with E-state index in [1.54, 1.807) is 0 Å². The highest BCUT2D eigenvalue weighted by Crippen LogP contribution is 2.22. The highest BCUT2D eigenvalue weighted by molar-refractivity contribution is 5.79. The Labute approximate surface area is 133 Å². The van der Waals surface area contributed by atoms with Crippen molar-refractivity contribution in [2.75, 3.05) is 34.7 Å². The molecular weight excluding hydrogens is 258 g/mol. The molecule has 3 heteroatoms. The molecule has 0 amide bonds. The van der Waals surface area contributed by atoms with Gasteiger partial charge in [0.1, 0.15) is 0 Å². The van der Waals surface area contributed by atoms with E-state index in [2.05, 4.69) is 63.8 Å². The minimum Gasteiger partial charge on any atom is -0.349 e. The molecule has 21 heavy (non-hydrogen) atoms. The number of aliphatic imine (C=N–C) groups is 1. The fourth-order valence-electron chi connectivity index (χ4n) is 2.51. The number of rotatable bonds is 9. The lowest BCUT2D eigenvalue weighted by molar-refractivity contribution is 0.356. The van der Waals surface area contributed by atoms with E-state index in [0.717, 1.165) is 12.5 Å². The maximum Gasteiger partial charge on any atom is 0.195 e. The average molecular weight is 298 g/mol. The van der Waals surface area contributed by atoms with Crippen molar-refractivity contribution < 1.29 is 0 Å². The zero-order valence-electron chi connectivity index (χ0n) is 15.7. The molecule has 0 saturated carbocycles. The topological polar surface area (TPSA) is 18.8 Å². The molecule has 0 aliphatic rings. The lowest BCUT2D eigenvalue weighted by Crippen LogP contribution is -2.35. The zero-order valence-corrected chi connectivity index (χ0v) is 15.7. The second-order valence-electron chi connectivity index (χ2n) is 7.76. The van der Waals surface area contributed by atoms with Gasteiger partial charge in [-0.15, -0.1) is 0 Å². The number of hydrogen-bond donors (Lipinski definition) is 0. The molecule has 0 aliphatic carbocycles. The smallest absolute Gasteiger partial charge is 0.195 e. The summed E-state index contributed by atoms with van der Waals surface area (Å²) in [6.07, 6.45) is 10.8. The van der Waals surface area contributed by atoms with Crippen LogP contribution in [0, 0.1) is 5.41 Å². The molecule has 0 bridgehead atoms. The van der Waals surface area contributed by atoms with Gasteiger partial charge in [-0.05, 0) is 18.3 Å². The monoisotopic (exact) mass is 297 g/mol. The van der Waals surface area contributed by atoms with Gasteiger partial charge in [0.2, 0.25) is 0 Å². The third kappa shape index (κ3) is 12.7. The molecule has 0 N–H and O–H groups in total. The van der Waals surface area contributed by atoms with Gasteiger partial charge in [-0.1, -0.05) is 59.3 Å². The Morgan fingerprint density at radius 3 is 1.57 bits per heavy atom. The third-order valence-corrected chi connectivity index (χ3v) is 3.64. The first kappa shape index (κ1) is 20.3. The predicted molar refractivity (Wildman–Crippen MR) is 96.1 cm³/mol. The van der Waals surface area contributed by atoms with Crippen LogP contribution in [-0.2, 0) is 0 Å². The van der Waals surface area contributed by atoms with Crippen molar-refractivity contribution >= 4 is 5.96 Å². The third-order valence-electron chi connectivity index (χ3n) is 3.64. The van der Waals surface area contributed by atoms with Crippen LogP contribution in [0.25, 0.3) is 0 Å². The Morgan fingerprint density at radius 1 is 0.714 bits per heavy atom. The summed E-state index contributed by atoms with van der Waals surface area (Å²) in [6, 6.07) is 0. The van der Waals surface area contributed by atoms with E-state index >= 15 is 0 Å². The lowest BCUT2D eigenvalue weighted by atomic mass is 9.89. The number of unbranched alkanes of at least 4 members (excludes halogenated alkanes) is 6. The van der Waals surface area contributed by atoms with Crippen LogP contribution in [0.4, 0.5) is 0 Å². The van der Waals surface area contributed by atoms with Crippen molar-refractivity contribution in [3.05, 3.63) is 0 Å². The molecular formula is C18H39N3. The summed E-state index contributed by atoms with van der Waals surface area (Å²) in [7, 11) is 8.21. The zero-order chi connectivity index (χ0) is 16.3. The molecule has 0 fully saturated rings. The molecule has 3 nitrogen and oxygen atoms in total. The highest BCUT2D eigenvalue weighted by atomic mass is 15.3. The maximum atomic E-state index is 4.67. The fourth-order valence-corrected chi connectivity index (χ4v) is 2.51. The van der Waals surface area contributed by atoms with E-state index in [0.29, 0.717) is 5.41 Å². The first-order valence-corrected chi connectivity index (χ1v) is 8.63.